The van der Waals surface area contributed by atoms with Crippen LogP contribution in [0.25, 0.3) is 0 Å². The van der Waals surface area contributed by atoms with Crippen molar-refractivity contribution in [3.63, 3.8) is 0 Å². The van der Waals surface area contributed by atoms with Crippen LogP contribution < -0.4 is 10.1 Å². The number of nitrogens with zero attached hydrogens (tertiary/aromatic N) is 4. The number of carbonyl (C=O) groups excluding carboxylic acids is 1. The first-order valence-electron chi connectivity index (χ1n) is 8.44. The lowest BCUT2D eigenvalue weighted by atomic mass is 10.1. The molecule has 3 rings (SSSR count). The summed E-state index contributed by atoms with van der Waals surface area (Å²) in [5.41, 5.74) is -0.808. The van der Waals surface area contributed by atoms with Crippen molar-refractivity contribution in [3.8, 4) is 5.75 Å². The summed E-state index contributed by atoms with van der Waals surface area (Å²) >= 11 is 5.90. The summed E-state index contributed by atoms with van der Waals surface area (Å²) in [4.78, 5) is 12.3. The SMILES string of the molecule is CCn1nnnc1COc1ccc(C(=O)Nc2cc(C(F)(F)F)ccc2Cl)cc1. The minimum Gasteiger partial charge on any atom is -0.486 e. The lowest BCUT2D eigenvalue weighted by Crippen LogP contribution is -2.13. The highest BCUT2D eigenvalue weighted by molar-refractivity contribution is 6.34. The van der Waals surface area contributed by atoms with Gasteiger partial charge in [-0.3, -0.25) is 4.79 Å². The molecule has 0 radical (unpaired) electrons. The molecular weight excluding hydrogens is 411 g/mol. The summed E-state index contributed by atoms with van der Waals surface area (Å²) in [7, 11) is 0. The molecule has 0 saturated heterocycles. The minimum atomic E-state index is -4.54. The third-order valence-corrected chi connectivity index (χ3v) is 4.26. The van der Waals surface area contributed by atoms with Crippen LogP contribution in [0.5, 0.6) is 5.75 Å². The number of carbonyl (C=O) groups is 1. The normalized spacial score (nSPS) is 11.3. The number of aromatic nitrogens is 4. The Kier molecular flexibility index (Phi) is 6.02. The molecule has 0 aliphatic rings. The molecular formula is C18H15ClF3N5O2. The Labute approximate surface area is 168 Å². The Morgan fingerprint density at radius 2 is 1.93 bits per heavy atom. The van der Waals surface area contributed by atoms with Crippen LogP contribution in [0, 0.1) is 0 Å². The van der Waals surface area contributed by atoms with Gasteiger partial charge in [-0.15, -0.1) is 5.10 Å². The highest BCUT2D eigenvalue weighted by Crippen LogP contribution is 2.34. The zero-order valence-electron chi connectivity index (χ0n) is 15.1. The van der Waals surface area contributed by atoms with Crippen molar-refractivity contribution in [1.29, 1.82) is 0 Å². The van der Waals surface area contributed by atoms with Gasteiger partial charge in [0.05, 0.1) is 16.3 Å². The number of rotatable bonds is 6. The van der Waals surface area contributed by atoms with Crippen molar-refractivity contribution in [2.24, 2.45) is 0 Å². The first kappa shape index (κ1) is 20.6. The van der Waals surface area contributed by atoms with Crippen LogP contribution >= 0.6 is 11.6 Å². The second-order valence-corrected chi connectivity index (χ2v) is 6.28. The molecule has 0 fully saturated rings. The van der Waals surface area contributed by atoms with Crippen LogP contribution in [0.1, 0.15) is 28.7 Å². The molecule has 0 aliphatic heterocycles. The van der Waals surface area contributed by atoms with Gasteiger partial charge in [0.1, 0.15) is 12.4 Å². The standard InChI is InChI=1S/C18H15ClF3N5O2/c1-2-27-16(24-25-26-27)10-29-13-6-3-11(4-7-13)17(28)23-15-9-12(18(20,21)22)5-8-14(15)19/h3-9H,2,10H2,1H3,(H,23,28). The van der Waals surface area contributed by atoms with E-state index in [0.717, 1.165) is 18.2 Å². The van der Waals surface area contributed by atoms with Gasteiger partial charge in [-0.25, -0.2) is 4.68 Å². The highest BCUT2D eigenvalue weighted by Gasteiger charge is 2.31. The maximum Gasteiger partial charge on any atom is 0.416 e. The van der Waals surface area contributed by atoms with E-state index in [2.05, 4.69) is 20.8 Å². The first-order chi connectivity index (χ1) is 13.8. The number of ether oxygens (including phenoxy) is 1. The van der Waals surface area contributed by atoms with E-state index >= 15 is 0 Å². The predicted molar refractivity (Wildman–Crippen MR) is 98.7 cm³/mol. The Bertz CT molecular complexity index is 1010. The smallest absolute Gasteiger partial charge is 0.416 e. The number of tetrazole rings is 1. The molecule has 11 heteroatoms. The summed E-state index contributed by atoms with van der Waals surface area (Å²) in [5.74, 6) is 0.422. The van der Waals surface area contributed by atoms with Crippen LogP contribution in [0.4, 0.5) is 18.9 Å². The number of nitrogens with one attached hydrogen (secondary N) is 1. The fourth-order valence-corrected chi connectivity index (χ4v) is 2.58. The largest absolute Gasteiger partial charge is 0.486 e. The van der Waals surface area contributed by atoms with Crippen LogP contribution in [-0.2, 0) is 19.3 Å². The molecule has 2 aromatic carbocycles. The van der Waals surface area contributed by atoms with E-state index in [0.29, 0.717) is 18.1 Å². The maximum absolute atomic E-state index is 12.8. The van der Waals surface area contributed by atoms with E-state index in [4.69, 9.17) is 16.3 Å². The van der Waals surface area contributed by atoms with Crippen molar-refractivity contribution in [2.75, 3.05) is 5.32 Å². The maximum atomic E-state index is 12.8. The molecule has 7 nitrogen and oxygen atoms in total. The summed E-state index contributed by atoms with van der Waals surface area (Å²) in [5, 5.41) is 13.6. The van der Waals surface area contributed by atoms with Crippen LogP contribution in [-0.4, -0.2) is 26.1 Å². The average molecular weight is 426 g/mol. The second kappa shape index (κ2) is 8.48. The predicted octanol–water partition coefficient (Wildman–Crippen LogP) is 4.20. The Morgan fingerprint density at radius 3 is 2.59 bits per heavy atom. The quantitative estimate of drug-likeness (QED) is 0.640. The molecule has 0 unspecified atom stereocenters. The van der Waals surface area contributed by atoms with Gasteiger partial charge >= 0.3 is 6.18 Å². The molecule has 0 saturated carbocycles. The number of benzene rings is 2. The fourth-order valence-electron chi connectivity index (χ4n) is 2.41. The molecule has 0 spiro atoms. The number of hydrogen-bond donors (Lipinski definition) is 1. The zero-order valence-corrected chi connectivity index (χ0v) is 15.8. The number of halogens is 4. The third-order valence-electron chi connectivity index (χ3n) is 3.93. The van der Waals surface area contributed by atoms with E-state index in [1.165, 1.54) is 12.1 Å². The third kappa shape index (κ3) is 5.02. The summed E-state index contributed by atoms with van der Waals surface area (Å²) in [6.07, 6.45) is -4.54. The van der Waals surface area contributed by atoms with Crippen molar-refractivity contribution >= 4 is 23.2 Å². The van der Waals surface area contributed by atoms with Gasteiger partial charge in [-0.2, -0.15) is 13.2 Å². The van der Waals surface area contributed by atoms with Crippen molar-refractivity contribution in [2.45, 2.75) is 26.3 Å². The summed E-state index contributed by atoms with van der Waals surface area (Å²) < 4.78 is 45.7. The Balaban J connectivity index is 1.66. The molecule has 3 aromatic rings. The molecule has 0 aliphatic carbocycles. The van der Waals surface area contributed by atoms with E-state index in [-0.39, 0.29) is 22.9 Å². The van der Waals surface area contributed by atoms with Crippen molar-refractivity contribution in [3.05, 3.63) is 64.4 Å². The average Bonchev–Trinajstić information content (AvgIpc) is 3.15. The van der Waals surface area contributed by atoms with Crippen LogP contribution in [0.2, 0.25) is 5.02 Å². The Morgan fingerprint density at radius 1 is 1.21 bits per heavy atom. The number of alkyl halides is 3. The lowest BCUT2D eigenvalue weighted by molar-refractivity contribution is -0.137. The molecule has 0 bridgehead atoms. The molecule has 152 valence electrons. The topological polar surface area (TPSA) is 81.9 Å². The van der Waals surface area contributed by atoms with Gasteiger partial charge in [0.15, 0.2) is 5.82 Å². The minimum absolute atomic E-state index is 0.0000476. The van der Waals surface area contributed by atoms with Gasteiger partial charge in [0.2, 0.25) is 0 Å². The molecule has 0 atom stereocenters. The molecule has 1 aromatic heterocycles. The van der Waals surface area contributed by atoms with E-state index < -0.39 is 17.6 Å². The number of aryl methyl sites for hydroxylation is 1. The second-order valence-electron chi connectivity index (χ2n) is 5.87. The summed E-state index contributed by atoms with van der Waals surface area (Å²) in [6, 6.07) is 8.80. The number of amides is 1. The van der Waals surface area contributed by atoms with E-state index in [1.807, 2.05) is 6.92 Å². The van der Waals surface area contributed by atoms with Gasteiger partial charge in [-0.05, 0) is 59.8 Å². The fraction of sp³-hybridized carbons (Fsp3) is 0.222. The number of hydrogen-bond acceptors (Lipinski definition) is 5. The van der Waals surface area contributed by atoms with Crippen LogP contribution in [0.15, 0.2) is 42.5 Å². The Hall–Kier alpha value is -3.14. The van der Waals surface area contributed by atoms with Crippen molar-refractivity contribution in [1.82, 2.24) is 20.2 Å². The lowest BCUT2D eigenvalue weighted by Gasteiger charge is -2.12. The zero-order chi connectivity index (χ0) is 21.0. The van der Waals surface area contributed by atoms with Gasteiger partial charge in [0.25, 0.3) is 5.91 Å². The van der Waals surface area contributed by atoms with Gasteiger partial charge in [-0.1, -0.05) is 11.6 Å². The molecule has 1 N–H and O–H groups in total. The van der Waals surface area contributed by atoms with Crippen LogP contribution in [0.3, 0.4) is 0 Å². The van der Waals surface area contributed by atoms with E-state index in [9.17, 15) is 18.0 Å². The van der Waals surface area contributed by atoms with Gasteiger partial charge in [0, 0.05) is 12.1 Å². The highest BCUT2D eigenvalue weighted by atomic mass is 35.5. The first-order valence-corrected chi connectivity index (χ1v) is 8.81. The molecule has 29 heavy (non-hydrogen) atoms. The van der Waals surface area contributed by atoms with E-state index in [1.54, 1.807) is 16.8 Å². The molecule has 1 heterocycles. The molecule has 1 amide bonds. The number of anilines is 1. The summed E-state index contributed by atoms with van der Waals surface area (Å²) in [6.45, 7) is 2.64. The van der Waals surface area contributed by atoms with Crippen molar-refractivity contribution < 1.29 is 22.7 Å². The monoisotopic (exact) mass is 425 g/mol. The van der Waals surface area contributed by atoms with Gasteiger partial charge < -0.3 is 10.1 Å².